The second-order valence-electron chi connectivity index (χ2n) is 15.6. The van der Waals surface area contributed by atoms with Crippen LogP contribution in [-0.2, 0) is 4.79 Å². The van der Waals surface area contributed by atoms with E-state index in [1.807, 2.05) is 6.08 Å². The summed E-state index contributed by atoms with van der Waals surface area (Å²) in [7, 11) is 0. The van der Waals surface area contributed by atoms with Gasteiger partial charge in [-0.3, -0.25) is 4.79 Å². The van der Waals surface area contributed by atoms with Crippen LogP contribution in [0, 0.1) is 0 Å². The molecule has 5 heteroatoms. The van der Waals surface area contributed by atoms with Crippen molar-refractivity contribution < 1.29 is 20.1 Å². The number of hydrogen-bond acceptors (Lipinski definition) is 4. The average molecular weight is 732 g/mol. The van der Waals surface area contributed by atoms with Gasteiger partial charge in [-0.1, -0.05) is 217 Å². The van der Waals surface area contributed by atoms with E-state index in [0.29, 0.717) is 6.42 Å². The molecule has 306 valence electrons. The molecule has 0 aromatic heterocycles. The van der Waals surface area contributed by atoms with Crippen molar-refractivity contribution in [3.05, 3.63) is 36.5 Å². The van der Waals surface area contributed by atoms with Gasteiger partial charge < -0.3 is 20.6 Å². The molecule has 0 spiro atoms. The maximum atomic E-state index is 12.4. The van der Waals surface area contributed by atoms with E-state index < -0.39 is 18.2 Å². The Kier molecular flexibility index (Phi) is 41.1. The number of carbonyl (C=O) groups excluding carboxylic acids is 1. The molecule has 0 aliphatic carbocycles. The van der Waals surface area contributed by atoms with Crippen molar-refractivity contribution in [1.82, 2.24) is 5.32 Å². The van der Waals surface area contributed by atoms with Gasteiger partial charge in [0.1, 0.15) is 0 Å². The molecule has 0 aromatic rings. The molecular formula is C47H89NO4. The highest BCUT2D eigenvalue weighted by atomic mass is 16.3. The third kappa shape index (κ3) is 38.3. The Morgan fingerprint density at radius 2 is 0.827 bits per heavy atom. The minimum Gasteiger partial charge on any atom is -0.394 e. The van der Waals surface area contributed by atoms with E-state index in [2.05, 4.69) is 43.5 Å². The molecule has 0 rings (SSSR count). The Labute approximate surface area is 324 Å². The number of allylic oxidation sites excluding steroid dienone is 5. The first-order chi connectivity index (χ1) is 25.5. The number of unbranched alkanes of at least 4 members (excludes halogenated alkanes) is 28. The van der Waals surface area contributed by atoms with E-state index in [-0.39, 0.29) is 18.9 Å². The third-order valence-corrected chi connectivity index (χ3v) is 10.4. The van der Waals surface area contributed by atoms with Crippen molar-refractivity contribution in [1.29, 1.82) is 0 Å². The maximum Gasteiger partial charge on any atom is 0.222 e. The smallest absolute Gasteiger partial charge is 0.222 e. The van der Waals surface area contributed by atoms with E-state index in [0.717, 1.165) is 38.5 Å². The molecule has 1 amide bonds. The summed E-state index contributed by atoms with van der Waals surface area (Å²) in [4.78, 5) is 12.4. The van der Waals surface area contributed by atoms with Crippen LogP contribution in [0.1, 0.15) is 232 Å². The van der Waals surface area contributed by atoms with E-state index in [1.165, 1.54) is 167 Å². The van der Waals surface area contributed by atoms with Gasteiger partial charge in [-0.2, -0.15) is 0 Å². The highest BCUT2D eigenvalue weighted by Crippen LogP contribution is 2.16. The van der Waals surface area contributed by atoms with Gasteiger partial charge in [0.05, 0.1) is 31.3 Å². The highest BCUT2D eigenvalue weighted by molar-refractivity contribution is 5.76. The molecule has 0 aliphatic heterocycles. The monoisotopic (exact) mass is 732 g/mol. The van der Waals surface area contributed by atoms with Gasteiger partial charge in [0.25, 0.3) is 0 Å². The summed E-state index contributed by atoms with van der Waals surface area (Å²) in [6, 6.07) is -0.765. The molecule has 0 radical (unpaired) electrons. The van der Waals surface area contributed by atoms with Crippen LogP contribution in [0.3, 0.4) is 0 Å². The second kappa shape index (κ2) is 42.3. The number of carbonyl (C=O) groups is 1. The Balaban J connectivity index is 3.67. The molecule has 0 heterocycles. The van der Waals surface area contributed by atoms with Crippen molar-refractivity contribution in [2.24, 2.45) is 0 Å². The SMILES string of the molecule is CCCCCCCC/C=C/CC/C=C/CC/C=C/C(O)C(CO)NC(=O)CC(O)CCCCCCCCCCCCCCCCCCCCCCC. The molecule has 0 saturated heterocycles. The lowest BCUT2D eigenvalue weighted by Gasteiger charge is -2.21. The average Bonchev–Trinajstić information content (AvgIpc) is 3.14. The Morgan fingerprint density at radius 1 is 0.481 bits per heavy atom. The maximum absolute atomic E-state index is 12.4. The topological polar surface area (TPSA) is 89.8 Å². The summed E-state index contributed by atoms with van der Waals surface area (Å²) < 4.78 is 0. The summed E-state index contributed by atoms with van der Waals surface area (Å²) in [5, 5.41) is 33.2. The standard InChI is InChI=1S/C47H89NO4/c1-3-5-7-9-11-13-15-17-19-21-22-23-24-25-26-28-30-32-34-36-38-40-44(50)42-47(52)48-45(43-49)46(51)41-39-37-35-33-31-29-27-20-18-16-14-12-10-8-6-4-2/h18,20,31,33,39,41,44-46,49-51H,3-17,19,21-30,32,34-38,40,42-43H2,1-2H3,(H,48,52)/b20-18+,33-31+,41-39+. The number of amides is 1. The van der Waals surface area contributed by atoms with Crippen LogP contribution in [0.4, 0.5) is 0 Å². The summed E-state index contributed by atoms with van der Waals surface area (Å²) in [5.74, 6) is -0.327. The number of rotatable bonds is 41. The molecule has 52 heavy (non-hydrogen) atoms. The van der Waals surface area contributed by atoms with Crippen LogP contribution in [0.15, 0.2) is 36.5 Å². The largest absolute Gasteiger partial charge is 0.394 e. The number of nitrogens with one attached hydrogen (secondary N) is 1. The van der Waals surface area contributed by atoms with Gasteiger partial charge in [0.15, 0.2) is 0 Å². The molecule has 5 nitrogen and oxygen atoms in total. The van der Waals surface area contributed by atoms with Crippen LogP contribution in [0.5, 0.6) is 0 Å². The molecule has 4 N–H and O–H groups in total. The zero-order chi connectivity index (χ0) is 38.0. The fourth-order valence-corrected chi connectivity index (χ4v) is 6.90. The first-order valence-electron chi connectivity index (χ1n) is 22.8. The fourth-order valence-electron chi connectivity index (χ4n) is 6.90. The predicted octanol–water partition coefficient (Wildman–Crippen LogP) is 13.2. The molecule has 0 saturated carbocycles. The first-order valence-corrected chi connectivity index (χ1v) is 22.8. The molecule has 0 aliphatic rings. The van der Waals surface area contributed by atoms with Crippen LogP contribution < -0.4 is 5.32 Å². The Morgan fingerprint density at radius 3 is 1.23 bits per heavy atom. The number of aliphatic hydroxyl groups excluding tert-OH is 3. The Hall–Kier alpha value is -1.43. The van der Waals surface area contributed by atoms with Gasteiger partial charge in [0, 0.05) is 0 Å². The summed E-state index contributed by atoms with van der Waals surface area (Å²) in [6.45, 7) is 4.20. The van der Waals surface area contributed by atoms with E-state index in [1.54, 1.807) is 6.08 Å². The van der Waals surface area contributed by atoms with Gasteiger partial charge in [0.2, 0.25) is 5.91 Å². The molecule has 0 bridgehead atoms. The zero-order valence-electron chi connectivity index (χ0n) is 34.7. The lowest BCUT2D eigenvalue weighted by Crippen LogP contribution is -2.45. The van der Waals surface area contributed by atoms with Gasteiger partial charge in [-0.15, -0.1) is 0 Å². The van der Waals surface area contributed by atoms with Crippen molar-refractivity contribution >= 4 is 5.91 Å². The first kappa shape index (κ1) is 50.6. The zero-order valence-corrected chi connectivity index (χ0v) is 34.7. The van der Waals surface area contributed by atoms with Crippen LogP contribution in [0.25, 0.3) is 0 Å². The van der Waals surface area contributed by atoms with E-state index in [9.17, 15) is 20.1 Å². The number of aliphatic hydroxyl groups is 3. The molecular weight excluding hydrogens is 643 g/mol. The second-order valence-corrected chi connectivity index (χ2v) is 15.6. The number of hydrogen-bond donors (Lipinski definition) is 4. The summed E-state index contributed by atoms with van der Waals surface area (Å²) in [6.07, 6.45) is 52.9. The quantitative estimate of drug-likeness (QED) is 0.0372. The van der Waals surface area contributed by atoms with Gasteiger partial charge in [-0.05, 0) is 44.9 Å². The van der Waals surface area contributed by atoms with Crippen LogP contribution >= 0.6 is 0 Å². The lowest BCUT2D eigenvalue weighted by molar-refractivity contribution is -0.124. The highest BCUT2D eigenvalue weighted by Gasteiger charge is 2.20. The minimum absolute atomic E-state index is 0.00512. The van der Waals surface area contributed by atoms with Gasteiger partial charge >= 0.3 is 0 Å². The van der Waals surface area contributed by atoms with Crippen molar-refractivity contribution in [2.75, 3.05) is 6.61 Å². The predicted molar refractivity (Wildman–Crippen MR) is 227 cm³/mol. The normalized spacial score (nSPS) is 13.9. The van der Waals surface area contributed by atoms with Gasteiger partial charge in [-0.25, -0.2) is 0 Å². The van der Waals surface area contributed by atoms with Crippen LogP contribution in [0.2, 0.25) is 0 Å². The minimum atomic E-state index is -0.957. The molecule has 3 unspecified atom stereocenters. The van der Waals surface area contributed by atoms with Crippen molar-refractivity contribution in [3.8, 4) is 0 Å². The molecule has 0 fully saturated rings. The van der Waals surface area contributed by atoms with Crippen molar-refractivity contribution in [2.45, 2.75) is 250 Å². The Bertz CT molecular complexity index is 809. The summed E-state index contributed by atoms with van der Waals surface area (Å²) >= 11 is 0. The lowest BCUT2D eigenvalue weighted by atomic mass is 10.0. The third-order valence-electron chi connectivity index (χ3n) is 10.4. The van der Waals surface area contributed by atoms with Crippen LogP contribution in [-0.4, -0.2) is 46.1 Å². The molecule has 0 aromatic carbocycles. The fraction of sp³-hybridized carbons (Fsp3) is 0.851. The van der Waals surface area contributed by atoms with Crippen molar-refractivity contribution in [3.63, 3.8) is 0 Å². The summed E-state index contributed by atoms with van der Waals surface area (Å²) in [5.41, 5.74) is 0. The van der Waals surface area contributed by atoms with E-state index >= 15 is 0 Å². The van der Waals surface area contributed by atoms with E-state index in [4.69, 9.17) is 0 Å². The molecule has 3 atom stereocenters.